The number of hydrogen-bond donors (Lipinski definition) is 2. The Morgan fingerprint density at radius 2 is 2.21 bits per heavy atom. The summed E-state index contributed by atoms with van der Waals surface area (Å²) in [5, 5.41) is 7.75. The van der Waals surface area contributed by atoms with E-state index in [9.17, 15) is 0 Å². The van der Waals surface area contributed by atoms with Crippen LogP contribution in [0.5, 0.6) is 0 Å². The van der Waals surface area contributed by atoms with E-state index in [0.29, 0.717) is 4.99 Å². The van der Waals surface area contributed by atoms with Crippen LogP contribution in [-0.4, -0.2) is 21.3 Å². The molecule has 0 unspecified atom stereocenters. The van der Waals surface area contributed by atoms with E-state index in [1.165, 1.54) is 0 Å². The molecule has 0 aliphatic carbocycles. The van der Waals surface area contributed by atoms with Crippen LogP contribution in [0.4, 0.5) is 5.69 Å². The summed E-state index contributed by atoms with van der Waals surface area (Å²) in [5.74, 6) is 0. The summed E-state index contributed by atoms with van der Waals surface area (Å²) >= 11 is 5.08. The van der Waals surface area contributed by atoms with Gasteiger partial charge in [0.2, 0.25) is 0 Å². The predicted molar refractivity (Wildman–Crippen MR) is 82.5 cm³/mol. The monoisotopic (exact) mass is 274 g/mol. The normalized spacial score (nSPS) is 10.4. The Morgan fingerprint density at radius 1 is 1.42 bits per heavy atom. The molecule has 3 N–H and O–H groups in total. The second-order valence-electron chi connectivity index (χ2n) is 4.52. The van der Waals surface area contributed by atoms with Crippen molar-refractivity contribution in [2.75, 3.05) is 11.9 Å². The summed E-state index contributed by atoms with van der Waals surface area (Å²) in [7, 11) is 1.92. The summed E-state index contributed by atoms with van der Waals surface area (Å²) in [4.78, 5) is 0.420. The van der Waals surface area contributed by atoms with Crippen molar-refractivity contribution in [3.63, 3.8) is 0 Å². The van der Waals surface area contributed by atoms with Gasteiger partial charge in [0.1, 0.15) is 4.99 Å². The van der Waals surface area contributed by atoms with Gasteiger partial charge < -0.3 is 11.1 Å². The third kappa shape index (κ3) is 3.32. The highest BCUT2D eigenvalue weighted by molar-refractivity contribution is 7.80. The third-order valence-electron chi connectivity index (χ3n) is 2.99. The molecule has 0 amide bonds. The standard InChI is InChI=1S/C14H18N4S/c1-10-4-3-5-12(14(15)19)13(10)16-8-6-11-7-9-18(2)17-11/h3-5,7,9,16H,6,8H2,1-2H3,(H2,15,19). The molecule has 100 valence electrons. The average Bonchev–Trinajstić information content (AvgIpc) is 2.77. The lowest BCUT2D eigenvalue weighted by molar-refractivity contribution is 0.742. The molecule has 1 aromatic heterocycles. The van der Waals surface area contributed by atoms with E-state index in [1.807, 2.05) is 49.1 Å². The van der Waals surface area contributed by atoms with Crippen molar-refractivity contribution in [2.45, 2.75) is 13.3 Å². The molecule has 0 saturated carbocycles. The number of hydrogen-bond acceptors (Lipinski definition) is 3. The largest absolute Gasteiger partial charge is 0.389 e. The second-order valence-corrected chi connectivity index (χ2v) is 4.96. The SMILES string of the molecule is Cc1cccc(C(N)=S)c1NCCc1ccn(C)n1. The molecule has 2 rings (SSSR count). The zero-order chi connectivity index (χ0) is 13.8. The number of aryl methyl sites for hydroxylation is 2. The van der Waals surface area contributed by atoms with Crippen molar-refractivity contribution in [3.8, 4) is 0 Å². The number of thiocarbonyl (C=S) groups is 1. The number of nitrogens with one attached hydrogen (secondary N) is 1. The average molecular weight is 274 g/mol. The number of benzene rings is 1. The molecule has 0 bridgehead atoms. The molecule has 5 heteroatoms. The van der Waals surface area contributed by atoms with Crippen LogP contribution in [0, 0.1) is 6.92 Å². The highest BCUT2D eigenvalue weighted by Crippen LogP contribution is 2.20. The van der Waals surface area contributed by atoms with Crippen LogP contribution in [0.2, 0.25) is 0 Å². The number of anilines is 1. The summed E-state index contributed by atoms with van der Waals surface area (Å²) in [6.45, 7) is 2.85. The lowest BCUT2D eigenvalue weighted by atomic mass is 10.1. The zero-order valence-corrected chi connectivity index (χ0v) is 12.0. The number of rotatable bonds is 5. The van der Waals surface area contributed by atoms with Gasteiger partial charge in [-0.1, -0.05) is 24.4 Å². The molecular weight excluding hydrogens is 256 g/mol. The summed E-state index contributed by atoms with van der Waals surface area (Å²) in [5.41, 5.74) is 9.88. The van der Waals surface area contributed by atoms with Gasteiger partial charge in [0.15, 0.2) is 0 Å². The molecule has 0 aliphatic rings. The second kappa shape index (κ2) is 5.84. The molecule has 1 heterocycles. The van der Waals surface area contributed by atoms with Crippen LogP contribution in [0.15, 0.2) is 30.5 Å². The summed E-state index contributed by atoms with van der Waals surface area (Å²) < 4.78 is 1.81. The molecule has 2 aromatic rings. The zero-order valence-electron chi connectivity index (χ0n) is 11.2. The summed E-state index contributed by atoms with van der Waals surface area (Å²) in [6, 6.07) is 7.98. The van der Waals surface area contributed by atoms with Gasteiger partial charge in [0.05, 0.1) is 5.69 Å². The van der Waals surface area contributed by atoms with Gasteiger partial charge in [0.25, 0.3) is 0 Å². The Kier molecular flexibility index (Phi) is 4.16. The molecule has 4 nitrogen and oxygen atoms in total. The molecule has 0 atom stereocenters. The highest BCUT2D eigenvalue weighted by Gasteiger charge is 2.07. The van der Waals surface area contributed by atoms with Crippen LogP contribution in [0.1, 0.15) is 16.8 Å². The minimum absolute atomic E-state index is 0.420. The molecule has 0 saturated heterocycles. The Balaban J connectivity index is 2.05. The first-order valence-corrected chi connectivity index (χ1v) is 6.60. The van der Waals surface area contributed by atoms with Gasteiger partial charge in [-0.05, 0) is 24.6 Å². The van der Waals surface area contributed by atoms with Gasteiger partial charge in [-0.3, -0.25) is 4.68 Å². The van der Waals surface area contributed by atoms with Crippen LogP contribution >= 0.6 is 12.2 Å². The van der Waals surface area contributed by atoms with Crippen LogP contribution in [0.3, 0.4) is 0 Å². The molecule has 1 aromatic carbocycles. The third-order valence-corrected chi connectivity index (χ3v) is 3.21. The van der Waals surface area contributed by atoms with Gasteiger partial charge in [-0.25, -0.2) is 0 Å². The Hall–Kier alpha value is -1.88. The van der Waals surface area contributed by atoms with E-state index < -0.39 is 0 Å². The topological polar surface area (TPSA) is 55.9 Å². The Bertz CT molecular complexity index is 589. The van der Waals surface area contributed by atoms with Crippen molar-refractivity contribution >= 4 is 22.9 Å². The fourth-order valence-electron chi connectivity index (χ4n) is 2.02. The van der Waals surface area contributed by atoms with Crippen molar-refractivity contribution < 1.29 is 0 Å². The van der Waals surface area contributed by atoms with Gasteiger partial charge >= 0.3 is 0 Å². The molecule has 0 aliphatic heterocycles. The van der Waals surface area contributed by atoms with Crippen LogP contribution in [-0.2, 0) is 13.5 Å². The molecular formula is C14H18N4S. The van der Waals surface area contributed by atoms with Gasteiger partial charge in [-0.2, -0.15) is 5.10 Å². The van der Waals surface area contributed by atoms with Crippen LogP contribution in [0.25, 0.3) is 0 Å². The highest BCUT2D eigenvalue weighted by atomic mass is 32.1. The molecule has 0 radical (unpaired) electrons. The number of aromatic nitrogens is 2. The van der Waals surface area contributed by atoms with Crippen molar-refractivity contribution in [2.24, 2.45) is 12.8 Å². The Labute approximate surface area is 118 Å². The van der Waals surface area contributed by atoms with E-state index in [4.69, 9.17) is 18.0 Å². The lowest BCUT2D eigenvalue weighted by Crippen LogP contribution is -2.15. The molecule has 0 fully saturated rings. The van der Waals surface area contributed by atoms with Crippen molar-refractivity contribution in [1.29, 1.82) is 0 Å². The van der Waals surface area contributed by atoms with E-state index in [2.05, 4.69) is 10.4 Å². The fourth-order valence-corrected chi connectivity index (χ4v) is 2.19. The first-order chi connectivity index (χ1) is 9.08. The first kappa shape index (κ1) is 13.5. The fraction of sp³-hybridized carbons (Fsp3) is 0.286. The van der Waals surface area contributed by atoms with E-state index in [1.54, 1.807) is 0 Å². The van der Waals surface area contributed by atoms with E-state index in [-0.39, 0.29) is 0 Å². The van der Waals surface area contributed by atoms with E-state index >= 15 is 0 Å². The number of nitrogens with two attached hydrogens (primary N) is 1. The predicted octanol–water partition coefficient (Wildman–Crippen LogP) is 2.02. The van der Waals surface area contributed by atoms with Gasteiger partial charge in [0, 0.05) is 37.5 Å². The van der Waals surface area contributed by atoms with Gasteiger partial charge in [-0.15, -0.1) is 0 Å². The lowest BCUT2D eigenvalue weighted by Gasteiger charge is -2.13. The molecule has 0 spiro atoms. The van der Waals surface area contributed by atoms with Crippen LogP contribution < -0.4 is 11.1 Å². The minimum atomic E-state index is 0.420. The smallest absolute Gasteiger partial charge is 0.106 e. The maximum absolute atomic E-state index is 5.75. The van der Waals surface area contributed by atoms with E-state index in [0.717, 1.165) is 35.5 Å². The van der Waals surface area contributed by atoms with Crippen molar-refractivity contribution in [1.82, 2.24) is 9.78 Å². The number of para-hydroxylation sites is 1. The quantitative estimate of drug-likeness (QED) is 0.819. The maximum atomic E-state index is 5.75. The summed E-state index contributed by atoms with van der Waals surface area (Å²) in [6.07, 6.45) is 2.81. The minimum Gasteiger partial charge on any atom is -0.389 e. The number of nitrogens with zero attached hydrogens (tertiary/aromatic N) is 2. The first-order valence-electron chi connectivity index (χ1n) is 6.19. The molecule has 19 heavy (non-hydrogen) atoms. The Morgan fingerprint density at radius 3 is 2.84 bits per heavy atom. The maximum Gasteiger partial charge on any atom is 0.106 e. The van der Waals surface area contributed by atoms with Crippen molar-refractivity contribution in [3.05, 3.63) is 47.3 Å².